The average Bonchev–Trinajstić information content (AvgIpc) is 3.19. The van der Waals surface area contributed by atoms with Crippen LogP contribution in [0.2, 0.25) is 0 Å². The summed E-state index contributed by atoms with van der Waals surface area (Å²) in [5.74, 6) is -0.392. The number of aromatic nitrogens is 1. The van der Waals surface area contributed by atoms with Crippen molar-refractivity contribution < 1.29 is 9.18 Å². The smallest absolute Gasteiger partial charge is 0.256 e. The van der Waals surface area contributed by atoms with Gasteiger partial charge in [-0.25, -0.2) is 4.39 Å². The Hall–Kier alpha value is -3.18. The molecule has 34 heavy (non-hydrogen) atoms. The number of rotatable bonds is 6. The van der Waals surface area contributed by atoms with Crippen LogP contribution in [0.4, 0.5) is 10.1 Å². The first-order valence-corrected chi connectivity index (χ1v) is 12.3. The number of halogens is 1. The second-order valence-electron chi connectivity index (χ2n) is 9.69. The summed E-state index contributed by atoms with van der Waals surface area (Å²) in [6.45, 7) is 1.03. The van der Waals surface area contributed by atoms with Crippen LogP contribution in [0, 0.1) is 5.82 Å². The quantitative estimate of drug-likeness (QED) is 0.348. The first-order chi connectivity index (χ1) is 16.5. The van der Waals surface area contributed by atoms with Crippen molar-refractivity contribution >= 4 is 23.2 Å². The first-order valence-electron chi connectivity index (χ1n) is 12.3. The highest BCUT2D eigenvalue weighted by atomic mass is 19.1. The fourth-order valence-electron chi connectivity index (χ4n) is 5.36. The van der Waals surface area contributed by atoms with Gasteiger partial charge in [-0.15, -0.1) is 0 Å². The van der Waals surface area contributed by atoms with E-state index in [0.717, 1.165) is 60.3 Å². The molecule has 0 fully saturated rings. The fourth-order valence-corrected chi connectivity index (χ4v) is 5.36. The molecule has 1 aromatic heterocycles. The molecule has 5 heteroatoms. The lowest BCUT2D eigenvalue weighted by molar-refractivity contribution is -0.110. The van der Waals surface area contributed by atoms with Gasteiger partial charge in [-0.05, 0) is 106 Å². The van der Waals surface area contributed by atoms with Gasteiger partial charge in [0.15, 0.2) is 0 Å². The van der Waals surface area contributed by atoms with E-state index >= 15 is 0 Å². The molecular weight excluding hydrogens is 425 g/mol. The van der Waals surface area contributed by atoms with E-state index in [2.05, 4.69) is 29.3 Å². The molecule has 0 saturated carbocycles. The van der Waals surface area contributed by atoms with Crippen molar-refractivity contribution in [3.8, 4) is 11.1 Å². The molecule has 4 nitrogen and oxygen atoms in total. The maximum Gasteiger partial charge on any atom is 0.256 e. The fraction of sp³-hybridized carbons (Fsp3) is 0.345. The lowest BCUT2D eigenvalue weighted by Crippen LogP contribution is -2.13. The third-order valence-electron chi connectivity index (χ3n) is 6.98. The zero-order valence-corrected chi connectivity index (χ0v) is 20.0. The number of aromatic amines is 1. The topological polar surface area (TPSA) is 48.1 Å². The molecule has 0 spiro atoms. The minimum atomic E-state index is -0.283. The summed E-state index contributed by atoms with van der Waals surface area (Å²) in [6.07, 6.45) is 9.95. The molecule has 2 heterocycles. The minimum absolute atomic E-state index is 0.108. The van der Waals surface area contributed by atoms with Gasteiger partial charge in [0, 0.05) is 22.6 Å². The minimum Gasteiger partial charge on any atom is -0.358 e. The largest absolute Gasteiger partial charge is 0.358 e. The SMILES string of the molecule is CN(C)CCCc1c(C=C2C(=O)Nc3cccc(-c4cccc(F)c4)c32)[nH]c2c1CCCCC2. The average molecular weight is 458 g/mol. The number of carbonyl (C=O) groups is 1. The summed E-state index contributed by atoms with van der Waals surface area (Å²) in [5.41, 5.74) is 9.11. The number of carbonyl (C=O) groups excluding carboxylic acids is 1. The monoisotopic (exact) mass is 457 g/mol. The van der Waals surface area contributed by atoms with Gasteiger partial charge < -0.3 is 15.2 Å². The number of benzene rings is 2. The van der Waals surface area contributed by atoms with Crippen LogP contribution < -0.4 is 5.32 Å². The molecule has 0 atom stereocenters. The lowest BCUT2D eigenvalue weighted by atomic mass is 9.93. The van der Waals surface area contributed by atoms with E-state index in [1.165, 1.54) is 48.2 Å². The Bertz CT molecular complexity index is 1250. The van der Waals surface area contributed by atoms with E-state index < -0.39 is 0 Å². The van der Waals surface area contributed by atoms with Gasteiger partial charge >= 0.3 is 0 Å². The lowest BCUT2D eigenvalue weighted by Gasteiger charge is -2.11. The Morgan fingerprint density at radius 3 is 2.71 bits per heavy atom. The molecule has 176 valence electrons. The Kier molecular flexibility index (Phi) is 6.38. The number of hydrogen-bond acceptors (Lipinski definition) is 2. The van der Waals surface area contributed by atoms with E-state index in [0.29, 0.717) is 5.57 Å². The number of nitrogens with zero attached hydrogens (tertiary/aromatic N) is 1. The molecule has 2 aliphatic rings. The molecule has 2 N–H and O–H groups in total. The van der Waals surface area contributed by atoms with Crippen molar-refractivity contribution in [1.29, 1.82) is 0 Å². The van der Waals surface area contributed by atoms with Crippen LogP contribution in [0.5, 0.6) is 0 Å². The van der Waals surface area contributed by atoms with Crippen molar-refractivity contribution in [3.05, 3.63) is 76.4 Å². The van der Waals surface area contributed by atoms with Crippen LogP contribution >= 0.6 is 0 Å². The Balaban J connectivity index is 1.61. The molecule has 1 aliphatic carbocycles. The van der Waals surface area contributed by atoms with Crippen molar-refractivity contribution in [2.45, 2.75) is 44.9 Å². The zero-order chi connectivity index (χ0) is 23.7. The summed E-state index contributed by atoms with van der Waals surface area (Å²) >= 11 is 0. The molecule has 2 aromatic carbocycles. The van der Waals surface area contributed by atoms with Crippen LogP contribution in [-0.2, 0) is 24.1 Å². The maximum atomic E-state index is 14.0. The van der Waals surface area contributed by atoms with Gasteiger partial charge in [0.25, 0.3) is 5.91 Å². The second kappa shape index (κ2) is 9.59. The van der Waals surface area contributed by atoms with Gasteiger partial charge in [-0.1, -0.05) is 30.7 Å². The van der Waals surface area contributed by atoms with Crippen LogP contribution in [0.1, 0.15) is 53.8 Å². The number of amides is 1. The standard InChI is InChI=1S/C29H32FN3O/c1-33(2)16-8-13-23-22-11-4-3-5-14-25(22)31-27(23)18-24-28-21(19-9-6-10-20(30)17-19)12-7-15-26(28)32-29(24)34/h6-7,9-10,12,15,17-18,31H,3-5,8,11,13-14,16H2,1-2H3,(H,32,34). The second-order valence-corrected chi connectivity index (χ2v) is 9.69. The summed E-state index contributed by atoms with van der Waals surface area (Å²) < 4.78 is 14.0. The van der Waals surface area contributed by atoms with E-state index in [-0.39, 0.29) is 11.7 Å². The number of aryl methyl sites for hydroxylation is 1. The van der Waals surface area contributed by atoms with Crippen molar-refractivity contribution in [2.24, 2.45) is 0 Å². The van der Waals surface area contributed by atoms with E-state index in [1.807, 2.05) is 30.3 Å². The molecule has 1 amide bonds. The number of H-pyrrole nitrogens is 1. The van der Waals surface area contributed by atoms with Gasteiger partial charge in [0.1, 0.15) is 5.82 Å². The van der Waals surface area contributed by atoms with Crippen molar-refractivity contribution in [2.75, 3.05) is 26.0 Å². The number of nitrogens with one attached hydrogen (secondary N) is 2. The number of fused-ring (bicyclic) bond motifs is 2. The maximum absolute atomic E-state index is 14.0. The van der Waals surface area contributed by atoms with Crippen LogP contribution in [-0.4, -0.2) is 36.4 Å². The highest BCUT2D eigenvalue weighted by Gasteiger charge is 2.28. The number of hydrogen-bond donors (Lipinski definition) is 2. The highest BCUT2D eigenvalue weighted by Crippen LogP contribution is 2.41. The summed E-state index contributed by atoms with van der Waals surface area (Å²) in [4.78, 5) is 19.0. The van der Waals surface area contributed by atoms with Gasteiger partial charge in [0.2, 0.25) is 0 Å². The van der Waals surface area contributed by atoms with Crippen LogP contribution in [0.15, 0.2) is 42.5 Å². The van der Waals surface area contributed by atoms with Crippen molar-refractivity contribution in [1.82, 2.24) is 9.88 Å². The van der Waals surface area contributed by atoms with Crippen LogP contribution in [0.3, 0.4) is 0 Å². The van der Waals surface area contributed by atoms with E-state index in [1.54, 1.807) is 6.07 Å². The predicted octanol–water partition coefficient (Wildman–Crippen LogP) is 6.08. The summed E-state index contributed by atoms with van der Waals surface area (Å²) in [7, 11) is 4.21. The normalized spacial score (nSPS) is 16.5. The van der Waals surface area contributed by atoms with Gasteiger partial charge in [0.05, 0.1) is 5.57 Å². The van der Waals surface area contributed by atoms with E-state index in [4.69, 9.17) is 0 Å². The predicted molar refractivity (Wildman–Crippen MR) is 137 cm³/mol. The Morgan fingerprint density at radius 2 is 1.88 bits per heavy atom. The van der Waals surface area contributed by atoms with Crippen LogP contribution in [0.25, 0.3) is 22.8 Å². The molecule has 0 saturated heterocycles. The first kappa shape index (κ1) is 22.6. The number of anilines is 1. The van der Waals surface area contributed by atoms with Gasteiger partial charge in [-0.2, -0.15) is 0 Å². The highest BCUT2D eigenvalue weighted by molar-refractivity contribution is 6.36. The Labute approximate surface area is 200 Å². The molecule has 0 unspecified atom stereocenters. The molecule has 3 aromatic rings. The van der Waals surface area contributed by atoms with Crippen molar-refractivity contribution in [3.63, 3.8) is 0 Å². The third-order valence-corrected chi connectivity index (χ3v) is 6.98. The molecule has 0 bridgehead atoms. The summed E-state index contributed by atoms with van der Waals surface area (Å²) in [5, 5.41) is 3.02. The molecule has 0 radical (unpaired) electrons. The zero-order valence-electron chi connectivity index (χ0n) is 20.0. The summed E-state index contributed by atoms with van der Waals surface area (Å²) in [6, 6.07) is 12.4. The molecule has 1 aliphatic heterocycles. The molecule has 5 rings (SSSR count). The molecular formula is C29H32FN3O. The van der Waals surface area contributed by atoms with Gasteiger partial charge in [-0.3, -0.25) is 4.79 Å². The van der Waals surface area contributed by atoms with E-state index in [9.17, 15) is 9.18 Å². The third kappa shape index (κ3) is 4.45. The Morgan fingerprint density at radius 1 is 1.06 bits per heavy atom.